The zero-order valence-corrected chi connectivity index (χ0v) is 44.5. The van der Waals surface area contributed by atoms with Crippen molar-refractivity contribution in [1.29, 1.82) is 0 Å². The van der Waals surface area contributed by atoms with Crippen molar-refractivity contribution < 1.29 is 0 Å². The van der Waals surface area contributed by atoms with Crippen LogP contribution in [0, 0.1) is 0 Å². The highest BCUT2D eigenvalue weighted by atomic mass is 14.7. The first-order chi connectivity index (χ1) is 40.7. The van der Waals surface area contributed by atoms with Crippen molar-refractivity contribution >= 4 is 75.4 Å². The minimum atomic E-state index is 1.05. The SMILES string of the molecule is c1ccc(-c2ccc3c(c2)c(-c2ccc4ccc(-c5cc6c7ccc(-c8ccccc8)c8c7c(cc6c6ccc(-c7ccccc7)cc56)-c5ncccc5-8)cc4c2)cc2c4ccc(-c5ccccc5)c5c4c(cc32)-c2ncccc2-5)cc1. The van der Waals surface area contributed by atoms with Crippen LogP contribution in [0.25, 0.3) is 187 Å². The van der Waals surface area contributed by atoms with Crippen LogP contribution in [0.1, 0.15) is 0 Å². The lowest BCUT2D eigenvalue weighted by Gasteiger charge is -2.18. The number of aromatic nitrogens is 2. The first-order valence-corrected chi connectivity index (χ1v) is 28.3. The molecule has 2 heterocycles. The molecule has 0 saturated carbocycles. The highest BCUT2D eigenvalue weighted by Crippen LogP contribution is 2.56. The predicted molar refractivity (Wildman–Crippen MR) is 346 cm³/mol. The zero-order chi connectivity index (χ0) is 53.6. The maximum atomic E-state index is 5.09. The molecule has 0 spiro atoms. The van der Waals surface area contributed by atoms with E-state index in [1.54, 1.807) is 0 Å². The van der Waals surface area contributed by atoms with Crippen molar-refractivity contribution in [3.05, 3.63) is 279 Å². The number of hydrogen-bond donors (Lipinski definition) is 0. The Kier molecular flexibility index (Phi) is 9.54. The van der Waals surface area contributed by atoms with Gasteiger partial charge < -0.3 is 0 Å². The fourth-order valence-corrected chi connectivity index (χ4v) is 14.3. The molecule has 2 aliphatic rings. The molecule has 18 rings (SSSR count). The topological polar surface area (TPSA) is 25.8 Å². The summed E-state index contributed by atoms with van der Waals surface area (Å²) >= 11 is 0. The van der Waals surface area contributed by atoms with Crippen molar-refractivity contribution in [3.63, 3.8) is 0 Å². The molecular formula is C80H46N2. The van der Waals surface area contributed by atoms with Crippen LogP contribution in [0.4, 0.5) is 0 Å². The van der Waals surface area contributed by atoms with Crippen LogP contribution >= 0.6 is 0 Å². The Bertz CT molecular complexity index is 5080. The largest absolute Gasteiger partial charge is 0.256 e. The van der Waals surface area contributed by atoms with E-state index in [1.807, 2.05) is 12.4 Å². The molecule has 0 N–H and O–H groups in total. The first-order valence-electron chi connectivity index (χ1n) is 28.3. The average molecular weight is 1040 g/mol. The van der Waals surface area contributed by atoms with Crippen LogP contribution in [0.5, 0.6) is 0 Å². The second-order valence-electron chi connectivity index (χ2n) is 22.3. The molecular weight excluding hydrogens is 989 g/mol. The van der Waals surface area contributed by atoms with Crippen LogP contribution in [0.3, 0.4) is 0 Å². The molecule has 376 valence electrons. The summed E-state index contributed by atoms with van der Waals surface area (Å²) in [5.41, 5.74) is 23.9. The number of benzene rings is 14. The molecule has 0 bridgehead atoms. The summed E-state index contributed by atoms with van der Waals surface area (Å²) in [6.07, 6.45) is 3.88. The molecule has 2 nitrogen and oxygen atoms in total. The van der Waals surface area contributed by atoms with Crippen molar-refractivity contribution in [1.82, 2.24) is 9.97 Å². The monoisotopic (exact) mass is 1030 g/mol. The number of fused-ring (bicyclic) bond motifs is 15. The van der Waals surface area contributed by atoms with Gasteiger partial charge in [-0.15, -0.1) is 0 Å². The fraction of sp³-hybridized carbons (Fsp3) is 0. The number of pyridine rings is 2. The molecule has 0 unspecified atom stereocenters. The standard InChI is InChI=1S/C80H46N2/c1-5-15-47(16-6-1)52-29-31-59-67(41-52)65(43-71-61-35-33-57(50-19-9-3-10-20-50)75-63-23-13-37-81-79(63)73(77(61)75)45-69(59)71)54-27-25-49-26-28-55(40-56(49)39-54)66-44-72-62-36-34-58(51-21-11-4-12-22-51)76-64-24-14-38-82-80(64)74(78(62)76)46-70(72)60-32-30-53(42-68(60)66)48-17-7-2-8-18-48/h1-46H. The summed E-state index contributed by atoms with van der Waals surface area (Å²) < 4.78 is 0. The van der Waals surface area contributed by atoms with Gasteiger partial charge in [0.25, 0.3) is 0 Å². The smallest absolute Gasteiger partial charge is 0.0787 e. The van der Waals surface area contributed by atoms with Gasteiger partial charge in [0.2, 0.25) is 0 Å². The van der Waals surface area contributed by atoms with Gasteiger partial charge in [-0.25, -0.2) is 0 Å². The molecule has 2 aliphatic carbocycles. The Morgan fingerprint density at radius 2 is 0.561 bits per heavy atom. The van der Waals surface area contributed by atoms with Crippen molar-refractivity contribution in [2.24, 2.45) is 0 Å². The lowest BCUT2D eigenvalue weighted by atomic mass is 9.85. The minimum Gasteiger partial charge on any atom is -0.256 e. The molecule has 2 heteroatoms. The van der Waals surface area contributed by atoms with E-state index in [-0.39, 0.29) is 0 Å². The maximum absolute atomic E-state index is 5.09. The van der Waals surface area contributed by atoms with Crippen LogP contribution in [0.15, 0.2) is 279 Å². The lowest BCUT2D eigenvalue weighted by Crippen LogP contribution is -1.91. The molecule has 16 aromatic rings. The van der Waals surface area contributed by atoms with Crippen LogP contribution in [0.2, 0.25) is 0 Å². The van der Waals surface area contributed by atoms with Crippen LogP contribution in [-0.4, -0.2) is 9.97 Å². The Balaban J connectivity index is 0.881. The summed E-state index contributed by atoms with van der Waals surface area (Å²) in [6.45, 7) is 0. The van der Waals surface area contributed by atoms with Gasteiger partial charge in [-0.2, -0.15) is 0 Å². The Morgan fingerprint density at radius 1 is 0.183 bits per heavy atom. The van der Waals surface area contributed by atoms with E-state index in [0.717, 1.165) is 11.4 Å². The summed E-state index contributed by atoms with van der Waals surface area (Å²) in [5, 5.41) is 17.3. The molecule has 82 heavy (non-hydrogen) atoms. The van der Waals surface area contributed by atoms with E-state index >= 15 is 0 Å². The fourth-order valence-electron chi connectivity index (χ4n) is 14.3. The van der Waals surface area contributed by atoms with E-state index in [2.05, 4.69) is 267 Å². The second-order valence-corrected chi connectivity index (χ2v) is 22.3. The average Bonchev–Trinajstić information content (AvgIpc) is 2.37. The van der Waals surface area contributed by atoms with E-state index in [9.17, 15) is 0 Å². The van der Waals surface area contributed by atoms with E-state index in [0.29, 0.717) is 0 Å². The Morgan fingerprint density at radius 3 is 1.00 bits per heavy atom. The Labute approximate surface area is 473 Å². The van der Waals surface area contributed by atoms with Gasteiger partial charge in [0, 0.05) is 56.5 Å². The quantitative estimate of drug-likeness (QED) is 0.155. The molecule has 2 aromatic heterocycles. The lowest BCUT2D eigenvalue weighted by molar-refractivity contribution is 1.35. The van der Waals surface area contributed by atoms with Crippen LogP contribution < -0.4 is 0 Å². The molecule has 0 fully saturated rings. The van der Waals surface area contributed by atoms with Gasteiger partial charge in [0.05, 0.1) is 11.4 Å². The third-order valence-electron chi connectivity index (χ3n) is 18.0. The normalized spacial score (nSPS) is 12.1. The summed E-state index contributed by atoms with van der Waals surface area (Å²) in [5.74, 6) is 0. The highest BCUT2D eigenvalue weighted by Gasteiger charge is 2.30. The molecule has 14 aromatic carbocycles. The number of rotatable bonds is 6. The third-order valence-corrected chi connectivity index (χ3v) is 18.0. The van der Waals surface area contributed by atoms with Gasteiger partial charge in [0.1, 0.15) is 0 Å². The van der Waals surface area contributed by atoms with Gasteiger partial charge in [-0.1, -0.05) is 206 Å². The Hall–Kier alpha value is -10.8. The van der Waals surface area contributed by atoms with Gasteiger partial charge in [-0.05, 0) is 192 Å². The highest BCUT2D eigenvalue weighted by molar-refractivity contribution is 6.32. The molecule has 0 aliphatic heterocycles. The molecule has 0 radical (unpaired) electrons. The summed E-state index contributed by atoms with van der Waals surface area (Å²) in [4.78, 5) is 10.2. The molecule has 0 amide bonds. The predicted octanol–water partition coefficient (Wildman–Crippen LogP) is 21.8. The first kappa shape index (κ1) is 45.1. The van der Waals surface area contributed by atoms with Gasteiger partial charge in [-0.3, -0.25) is 9.97 Å². The minimum absolute atomic E-state index is 1.05. The van der Waals surface area contributed by atoms with E-state index in [1.165, 1.54) is 176 Å². The van der Waals surface area contributed by atoms with Gasteiger partial charge >= 0.3 is 0 Å². The van der Waals surface area contributed by atoms with Crippen molar-refractivity contribution in [2.75, 3.05) is 0 Å². The number of hydrogen-bond acceptors (Lipinski definition) is 2. The van der Waals surface area contributed by atoms with Gasteiger partial charge in [0.15, 0.2) is 0 Å². The van der Waals surface area contributed by atoms with E-state index < -0.39 is 0 Å². The zero-order valence-electron chi connectivity index (χ0n) is 44.5. The van der Waals surface area contributed by atoms with Crippen molar-refractivity contribution in [3.8, 4) is 112 Å². The van der Waals surface area contributed by atoms with Crippen molar-refractivity contribution in [2.45, 2.75) is 0 Å². The van der Waals surface area contributed by atoms with Crippen LogP contribution in [-0.2, 0) is 0 Å². The maximum Gasteiger partial charge on any atom is 0.0787 e. The second kappa shape index (κ2) is 17.3. The summed E-state index contributed by atoms with van der Waals surface area (Å²) in [6, 6.07) is 99.5. The molecule has 0 atom stereocenters. The molecule has 0 saturated heterocycles. The van der Waals surface area contributed by atoms with E-state index in [4.69, 9.17) is 9.97 Å². The number of nitrogens with zero attached hydrogens (tertiary/aromatic N) is 2. The summed E-state index contributed by atoms with van der Waals surface area (Å²) in [7, 11) is 0. The third kappa shape index (κ3) is 6.58.